The largest absolute Gasteiger partial charge is 0.453 e. The summed E-state index contributed by atoms with van der Waals surface area (Å²) in [4.78, 5) is 34.5. The zero-order valence-electron chi connectivity index (χ0n) is 25.7. The van der Waals surface area contributed by atoms with Crippen LogP contribution in [0.5, 0.6) is 0 Å². The minimum Gasteiger partial charge on any atom is -0.340 e. The number of rotatable bonds is 5. The van der Waals surface area contributed by atoms with Crippen LogP contribution in [0.4, 0.5) is 54.4 Å². The molecule has 2 fully saturated rings. The molecule has 3 aromatic rings. The van der Waals surface area contributed by atoms with Gasteiger partial charge in [0.15, 0.2) is 0 Å². The van der Waals surface area contributed by atoms with Crippen LogP contribution in [0.1, 0.15) is 60.3 Å². The minimum absolute atomic E-state index is 0.0314. The Morgan fingerprint density at radius 3 is 1.98 bits per heavy atom. The van der Waals surface area contributed by atoms with E-state index in [4.69, 9.17) is 0 Å². The number of hydrogen-bond acceptors (Lipinski definition) is 6. The number of benzene rings is 1. The summed E-state index contributed by atoms with van der Waals surface area (Å²) >= 11 is 0. The standard InChI is InChI=1S/C29H28F10N8O2/c1-44(20-10-16(27(31,32)33)9-17(11-20)28(34,35)36)26(49)45(2)23-14-46(13-21(23)22-8-5-18(30)12-40-22)24(48)15-3-6-19(7-4-15)47-25(29(37,38)39)41-42-43-47/h5,8-12,15,19,21,23H,3-4,6-7,13-14H2,1-2H3/t15-,19-,21-,23+/m0/s1. The molecular formula is C29H28F10N8O2. The van der Waals surface area contributed by atoms with E-state index in [0.717, 1.165) is 24.2 Å². The highest BCUT2D eigenvalue weighted by atomic mass is 19.4. The number of tetrazole rings is 1. The molecule has 20 heteroatoms. The molecule has 2 aliphatic rings. The Labute approximate surface area is 271 Å². The molecule has 0 bridgehead atoms. The number of amides is 3. The molecule has 3 amide bonds. The monoisotopic (exact) mass is 710 g/mol. The van der Waals surface area contributed by atoms with Crippen LogP contribution in [-0.2, 0) is 23.3 Å². The molecule has 1 saturated carbocycles. The Bertz CT molecular complexity index is 1630. The summed E-state index contributed by atoms with van der Waals surface area (Å²) in [5.74, 6) is -3.66. The molecule has 266 valence electrons. The highest BCUT2D eigenvalue weighted by Gasteiger charge is 2.45. The number of likely N-dealkylation sites (tertiary alicyclic amines) is 1. The molecule has 0 spiro atoms. The van der Waals surface area contributed by atoms with Gasteiger partial charge in [0.05, 0.1) is 29.4 Å². The molecule has 1 aliphatic carbocycles. The van der Waals surface area contributed by atoms with Crippen LogP contribution in [0.25, 0.3) is 0 Å². The van der Waals surface area contributed by atoms with Gasteiger partial charge in [0.1, 0.15) is 5.82 Å². The second-order valence-corrected chi connectivity index (χ2v) is 12.0. The molecule has 49 heavy (non-hydrogen) atoms. The van der Waals surface area contributed by atoms with E-state index >= 15 is 0 Å². The maximum Gasteiger partial charge on any atom is 0.453 e. The van der Waals surface area contributed by atoms with Gasteiger partial charge in [-0.3, -0.25) is 14.7 Å². The van der Waals surface area contributed by atoms with Crippen LogP contribution in [0, 0.1) is 11.7 Å². The summed E-state index contributed by atoms with van der Waals surface area (Å²) in [6, 6.07) is 0.592. The van der Waals surface area contributed by atoms with Crippen molar-refractivity contribution in [3.8, 4) is 0 Å². The summed E-state index contributed by atoms with van der Waals surface area (Å²) in [7, 11) is 2.27. The predicted molar refractivity (Wildman–Crippen MR) is 149 cm³/mol. The zero-order chi connectivity index (χ0) is 36.1. The van der Waals surface area contributed by atoms with E-state index in [1.807, 2.05) is 0 Å². The fourth-order valence-electron chi connectivity index (χ4n) is 6.33. The van der Waals surface area contributed by atoms with Gasteiger partial charge in [-0.1, -0.05) is 0 Å². The van der Waals surface area contributed by atoms with Gasteiger partial charge in [0, 0.05) is 50.4 Å². The van der Waals surface area contributed by atoms with Gasteiger partial charge in [-0.2, -0.15) is 39.5 Å². The number of anilines is 1. The first-order valence-corrected chi connectivity index (χ1v) is 14.8. The van der Waals surface area contributed by atoms with Crippen molar-refractivity contribution < 1.29 is 53.5 Å². The fourth-order valence-corrected chi connectivity index (χ4v) is 6.33. The summed E-state index contributed by atoms with van der Waals surface area (Å²) in [6.07, 6.45) is -13.5. The van der Waals surface area contributed by atoms with Gasteiger partial charge in [-0.25, -0.2) is 13.9 Å². The first kappa shape index (κ1) is 35.8. The molecule has 10 nitrogen and oxygen atoms in total. The van der Waals surface area contributed by atoms with Crippen molar-refractivity contribution in [3.63, 3.8) is 0 Å². The lowest BCUT2D eigenvalue weighted by Crippen LogP contribution is -2.48. The summed E-state index contributed by atoms with van der Waals surface area (Å²) < 4.78 is 135. The van der Waals surface area contributed by atoms with Gasteiger partial charge in [0.25, 0.3) is 5.82 Å². The molecule has 0 radical (unpaired) electrons. The molecule has 1 aliphatic heterocycles. The molecular weight excluding hydrogens is 682 g/mol. The minimum atomic E-state index is -5.15. The normalized spacial score (nSPS) is 21.9. The number of pyridine rings is 1. The second kappa shape index (κ2) is 13.1. The lowest BCUT2D eigenvalue weighted by molar-refractivity contribution is -0.149. The third kappa shape index (κ3) is 7.56. The lowest BCUT2D eigenvalue weighted by atomic mass is 9.85. The van der Waals surface area contributed by atoms with E-state index in [-0.39, 0.29) is 56.4 Å². The highest BCUT2D eigenvalue weighted by Crippen LogP contribution is 2.40. The number of halogens is 10. The van der Waals surface area contributed by atoms with E-state index in [1.54, 1.807) is 0 Å². The van der Waals surface area contributed by atoms with E-state index in [1.165, 1.54) is 18.0 Å². The van der Waals surface area contributed by atoms with Crippen LogP contribution in [0.15, 0.2) is 36.5 Å². The van der Waals surface area contributed by atoms with Crippen LogP contribution in [0.3, 0.4) is 0 Å². The maximum atomic E-state index is 13.7. The summed E-state index contributed by atoms with van der Waals surface area (Å²) in [5, 5.41) is 9.66. The Morgan fingerprint density at radius 1 is 0.837 bits per heavy atom. The van der Waals surface area contributed by atoms with Gasteiger partial charge < -0.3 is 9.80 Å². The van der Waals surface area contributed by atoms with E-state index < -0.39 is 76.9 Å². The maximum absolute atomic E-state index is 13.7. The Hall–Kier alpha value is -4.52. The van der Waals surface area contributed by atoms with Gasteiger partial charge in [-0.05, 0) is 66.4 Å². The smallest absolute Gasteiger partial charge is 0.340 e. The summed E-state index contributed by atoms with van der Waals surface area (Å²) in [5.41, 5.74) is -3.65. The molecule has 0 unspecified atom stereocenters. The van der Waals surface area contributed by atoms with Gasteiger partial charge in [-0.15, -0.1) is 5.10 Å². The number of alkyl halides is 9. The molecule has 2 atom stereocenters. The number of urea groups is 1. The number of carbonyl (C=O) groups excluding carboxylic acids is 2. The van der Waals surface area contributed by atoms with Crippen molar-refractivity contribution in [3.05, 3.63) is 65.0 Å². The molecule has 3 heterocycles. The van der Waals surface area contributed by atoms with Crippen LogP contribution < -0.4 is 4.90 Å². The molecule has 2 aromatic heterocycles. The van der Waals surface area contributed by atoms with Crippen molar-refractivity contribution in [1.82, 2.24) is 35.0 Å². The average Bonchev–Trinajstić information content (AvgIpc) is 3.72. The van der Waals surface area contributed by atoms with Crippen LogP contribution >= 0.6 is 0 Å². The van der Waals surface area contributed by atoms with Gasteiger partial charge >= 0.3 is 24.6 Å². The molecule has 1 aromatic carbocycles. The first-order chi connectivity index (χ1) is 22.8. The van der Waals surface area contributed by atoms with E-state index in [0.29, 0.717) is 21.7 Å². The first-order valence-electron chi connectivity index (χ1n) is 14.8. The topological polar surface area (TPSA) is 100 Å². The highest BCUT2D eigenvalue weighted by molar-refractivity contribution is 5.92. The van der Waals surface area contributed by atoms with Crippen molar-refractivity contribution in [1.29, 1.82) is 0 Å². The molecule has 5 rings (SSSR count). The number of hydrogen-bond donors (Lipinski definition) is 0. The average molecular weight is 711 g/mol. The number of aromatic nitrogens is 5. The van der Waals surface area contributed by atoms with Crippen molar-refractivity contribution in [2.75, 3.05) is 32.1 Å². The predicted octanol–water partition coefficient (Wildman–Crippen LogP) is 6.18. The SMILES string of the molecule is CN(C(=O)N(C)[C@@H]1CN(C(=O)[C@H]2CC[C@H](n3nnnc3C(F)(F)F)CC2)C[C@H]1c1ccc(F)cn1)c1cc(C(F)(F)F)cc(C(F)(F)F)c1. The third-order valence-corrected chi connectivity index (χ3v) is 8.91. The second-order valence-electron chi connectivity index (χ2n) is 12.0. The molecule has 0 N–H and O–H groups in total. The lowest BCUT2D eigenvalue weighted by Gasteiger charge is -2.33. The summed E-state index contributed by atoms with van der Waals surface area (Å²) in [6.45, 7) is -0.156. The number of nitrogens with zero attached hydrogens (tertiary/aromatic N) is 8. The van der Waals surface area contributed by atoms with Crippen molar-refractivity contribution in [2.24, 2.45) is 5.92 Å². The Kier molecular flexibility index (Phi) is 9.54. The zero-order valence-corrected chi connectivity index (χ0v) is 25.7. The number of likely N-dealkylation sites (N-methyl/N-ethyl adjacent to an activating group) is 1. The Balaban J connectivity index is 1.36. The fraction of sp³-hybridized carbons (Fsp3) is 0.517. The Morgan fingerprint density at radius 2 is 1.45 bits per heavy atom. The number of carbonyl (C=O) groups is 2. The van der Waals surface area contributed by atoms with E-state index in [2.05, 4.69) is 20.5 Å². The van der Waals surface area contributed by atoms with Crippen LogP contribution in [-0.4, -0.2) is 80.2 Å². The van der Waals surface area contributed by atoms with Crippen LogP contribution in [0.2, 0.25) is 0 Å². The quantitative estimate of drug-likeness (QED) is 0.294. The van der Waals surface area contributed by atoms with Gasteiger partial charge in [0.2, 0.25) is 5.91 Å². The third-order valence-electron chi connectivity index (χ3n) is 8.91. The van der Waals surface area contributed by atoms with E-state index in [9.17, 15) is 53.5 Å². The van der Waals surface area contributed by atoms with Crippen molar-refractivity contribution >= 4 is 17.6 Å². The van der Waals surface area contributed by atoms with Crippen molar-refractivity contribution in [2.45, 2.75) is 62.2 Å². The molecule has 1 saturated heterocycles.